The molecule has 6 nitrogen and oxygen atoms in total. The van der Waals surface area contributed by atoms with Crippen molar-refractivity contribution >= 4 is 11.6 Å². The summed E-state index contributed by atoms with van der Waals surface area (Å²) >= 11 is 0. The van der Waals surface area contributed by atoms with Crippen LogP contribution in [0.15, 0.2) is 24.3 Å². The predicted octanol–water partition coefficient (Wildman–Crippen LogP) is 2.86. The summed E-state index contributed by atoms with van der Waals surface area (Å²) in [6.07, 6.45) is 6.35. The van der Waals surface area contributed by atoms with Crippen molar-refractivity contribution in [2.75, 3.05) is 20.6 Å². The highest BCUT2D eigenvalue weighted by Crippen LogP contribution is 2.36. The Bertz CT molecular complexity index is 629. The van der Waals surface area contributed by atoms with E-state index in [0.717, 1.165) is 18.5 Å². The van der Waals surface area contributed by atoms with Gasteiger partial charge in [0, 0.05) is 31.3 Å². The second kappa shape index (κ2) is 7.52. The summed E-state index contributed by atoms with van der Waals surface area (Å²) in [7, 11) is 4.10. The Morgan fingerprint density at radius 1 is 1.24 bits per heavy atom. The van der Waals surface area contributed by atoms with Gasteiger partial charge >= 0.3 is 0 Å². The predicted molar refractivity (Wildman–Crippen MR) is 96.4 cm³/mol. The second-order valence-corrected chi connectivity index (χ2v) is 7.48. The van der Waals surface area contributed by atoms with Crippen molar-refractivity contribution < 1.29 is 9.72 Å². The number of nitrogens with zero attached hydrogens (tertiary/aromatic N) is 3. The van der Waals surface area contributed by atoms with E-state index in [1.807, 2.05) is 11.9 Å². The van der Waals surface area contributed by atoms with Gasteiger partial charge in [-0.1, -0.05) is 18.6 Å². The quantitative estimate of drug-likeness (QED) is 0.622. The van der Waals surface area contributed by atoms with Crippen LogP contribution in [0.2, 0.25) is 0 Å². The van der Waals surface area contributed by atoms with E-state index in [2.05, 4.69) is 11.9 Å². The molecule has 0 bridgehead atoms. The molecule has 0 radical (unpaired) electrons. The minimum atomic E-state index is -0.418. The number of likely N-dealkylation sites (N-methyl/N-ethyl adjacent to an activating group) is 2. The number of carbonyl (C=O) groups excluding carboxylic acids is 1. The van der Waals surface area contributed by atoms with Gasteiger partial charge in [0.05, 0.1) is 11.3 Å². The first-order chi connectivity index (χ1) is 12.0. The maximum atomic E-state index is 12.8. The molecule has 3 unspecified atom stereocenters. The monoisotopic (exact) mass is 345 g/mol. The number of likely N-dealkylation sites (tertiary alicyclic amines) is 1. The highest BCUT2D eigenvalue weighted by atomic mass is 16.6. The van der Waals surface area contributed by atoms with Crippen molar-refractivity contribution in [2.45, 2.75) is 50.6 Å². The Morgan fingerprint density at radius 2 is 1.92 bits per heavy atom. The van der Waals surface area contributed by atoms with Gasteiger partial charge in [-0.3, -0.25) is 14.9 Å². The lowest BCUT2D eigenvalue weighted by molar-refractivity contribution is -0.384. The van der Waals surface area contributed by atoms with Gasteiger partial charge in [0.25, 0.3) is 5.69 Å². The number of carbonyl (C=O) groups is 1. The number of hydrogen-bond acceptors (Lipinski definition) is 4. The highest BCUT2D eigenvalue weighted by Gasteiger charge is 2.40. The summed E-state index contributed by atoms with van der Waals surface area (Å²) < 4.78 is 0. The number of nitro benzene ring substituents is 1. The van der Waals surface area contributed by atoms with Crippen LogP contribution >= 0.6 is 0 Å². The summed E-state index contributed by atoms with van der Waals surface area (Å²) in [5.41, 5.74) is 0.885. The Morgan fingerprint density at radius 3 is 2.60 bits per heavy atom. The first-order valence-corrected chi connectivity index (χ1v) is 9.16. The van der Waals surface area contributed by atoms with Gasteiger partial charge in [0.1, 0.15) is 0 Å². The van der Waals surface area contributed by atoms with Crippen LogP contribution in [0.1, 0.15) is 37.7 Å². The number of benzene rings is 1. The Hall–Kier alpha value is -1.95. The lowest BCUT2D eigenvalue weighted by Crippen LogP contribution is -2.58. The van der Waals surface area contributed by atoms with Crippen LogP contribution in [0.5, 0.6) is 0 Å². The van der Waals surface area contributed by atoms with Crippen molar-refractivity contribution in [1.82, 2.24) is 9.80 Å². The van der Waals surface area contributed by atoms with E-state index < -0.39 is 4.92 Å². The number of piperidine rings is 1. The number of hydrogen-bond donors (Lipinski definition) is 0. The van der Waals surface area contributed by atoms with Crippen LogP contribution in [0.25, 0.3) is 0 Å². The highest BCUT2D eigenvalue weighted by molar-refractivity contribution is 5.79. The smallest absolute Gasteiger partial charge is 0.269 e. The van der Waals surface area contributed by atoms with E-state index in [0.29, 0.717) is 18.4 Å². The van der Waals surface area contributed by atoms with Gasteiger partial charge in [0.15, 0.2) is 0 Å². The van der Waals surface area contributed by atoms with Gasteiger partial charge in [-0.2, -0.15) is 0 Å². The molecule has 3 rings (SSSR count). The Kier molecular flexibility index (Phi) is 5.37. The lowest BCUT2D eigenvalue weighted by atomic mass is 9.75. The zero-order valence-electron chi connectivity index (χ0n) is 15.1. The molecular weight excluding hydrogens is 318 g/mol. The maximum absolute atomic E-state index is 12.8. The summed E-state index contributed by atoms with van der Waals surface area (Å²) in [5.74, 6) is 0.797. The average Bonchev–Trinajstić information content (AvgIpc) is 2.61. The molecule has 1 aliphatic heterocycles. The molecule has 0 N–H and O–H groups in total. The summed E-state index contributed by atoms with van der Waals surface area (Å²) in [4.78, 5) is 27.5. The molecular formula is C19H27N3O3. The molecule has 1 heterocycles. The average molecular weight is 345 g/mol. The molecule has 1 saturated heterocycles. The minimum Gasteiger partial charge on any atom is -0.341 e. The molecule has 1 aliphatic carbocycles. The van der Waals surface area contributed by atoms with Crippen molar-refractivity contribution in [3.63, 3.8) is 0 Å². The number of nitro groups is 1. The third kappa shape index (κ3) is 3.84. The molecule has 1 amide bonds. The van der Waals surface area contributed by atoms with Crippen molar-refractivity contribution in [3.8, 4) is 0 Å². The van der Waals surface area contributed by atoms with E-state index in [1.54, 1.807) is 12.1 Å². The topological polar surface area (TPSA) is 66.7 Å². The number of rotatable bonds is 4. The Balaban J connectivity index is 1.67. The molecule has 136 valence electrons. The SMILES string of the molecule is CN1CCCC2CCCC(N(C)C(=O)Cc3ccc([N+](=O)[O-])cc3)C21. The van der Waals surface area contributed by atoms with Gasteiger partial charge in [-0.05, 0) is 50.8 Å². The molecule has 0 aromatic heterocycles. The summed E-state index contributed by atoms with van der Waals surface area (Å²) in [6, 6.07) is 7.03. The van der Waals surface area contributed by atoms with E-state index in [1.165, 1.54) is 37.8 Å². The van der Waals surface area contributed by atoms with Crippen molar-refractivity contribution in [3.05, 3.63) is 39.9 Å². The third-order valence-electron chi connectivity index (χ3n) is 5.94. The van der Waals surface area contributed by atoms with Crippen LogP contribution in [-0.2, 0) is 11.2 Å². The third-order valence-corrected chi connectivity index (χ3v) is 5.94. The zero-order chi connectivity index (χ0) is 18.0. The first-order valence-electron chi connectivity index (χ1n) is 9.16. The minimum absolute atomic E-state index is 0.0588. The van der Waals surface area contributed by atoms with Crippen LogP contribution in [0.4, 0.5) is 5.69 Å². The van der Waals surface area contributed by atoms with Crippen LogP contribution in [0, 0.1) is 16.0 Å². The number of non-ortho nitro benzene ring substituents is 1. The van der Waals surface area contributed by atoms with Crippen LogP contribution in [0.3, 0.4) is 0 Å². The molecule has 1 aromatic rings. The van der Waals surface area contributed by atoms with Crippen LogP contribution in [-0.4, -0.2) is 53.4 Å². The fourth-order valence-corrected chi connectivity index (χ4v) is 4.61. The van der Waals surface area contributed by atoms with E-state index in [4.69, 9.17) is 0 Å². The largest absolute Gasteiger partial charge is 0.341 e. The zero-order valence-corrected chi connectivity index (χ0v) is 15.1. The molecule has 25 heavy (non-hydrogen) atoms. The molecule has 6 heteroatoms. The van der Waals surface area contributed by atoms with Crippen LogP contribution < -0.4 is 0 Å². The normalized spacial score (nSPS) is 26.7. The molecule has 0 spiro atoms. The standard InChI is InChI=1S/C19H27N3O3/c1-20-12-4-6-15-5-3-7-17(19(15)20)21(2)18(23)13-14-8-10-16(11-9-14)22(24)25/h8-11,15,17,19H,3-7,12-13H2,1-2H3. The summed E-state index contributed by atoms with van der Waals surface area (Å²) in [5, 5.41) is 10.7. The van der Waals surface area contributed by atoms with Crippen molar-refractivity contribution in [2.24, 2.45) is 5.92 Å². The lowest BCUT2D eigenvalue weighted by Gasteiger charge is -2.49. The van der Waals surface area contributed by atoms with E-state index >= 15 is 0 Å². The molecule has 2 fully saturated rings. The van der Waals surface area contributed by atoms with Gasteiger partial charge < -0.3 is 9.80 Å². The number of amides is 1. The second-order valence-electron chi connectivity index (χ2n) is 7.48. The Labute approximate surface area is 148 Å². The number of fused-ring (bicyclic) bond motifs is 1. The molecule has 1 aromatic carbocycles. The van der Waals surface area contributed by atoms with Gasteiger partial charge in [-0.25, -0.2) is 0 Å². The molecule has 3 atom stereocenters. The first kappa shape index (κ1) is 17.9. The van der Waals surface area contributed by atoms with E-state index in [-0.39, 0.29) is 17.6 Å². The molecule has 1 saturated carbocycles. The summed E-state index contributed by atoms with van der Waals surface area (Å²) in [6.45, 7) is 1.11. The fraction of sp³-hybridized carbons (Fsp3) is 0.632. The van der Waals surface area contributed by atoms with Gasteiger partial charge in [0.2, 0.25) is 5.91 Å². The fourth-order valence-electron chi connectivity index (χ4n) is 4.61. The molecule has 2 aliphatic rings. The van der Waals surface area contributed by atoms with E-state index in [9.17, 15) is 14.9 Å². The van der Waals surface area contributed by atoms with Gasteiger partial charge in [-0.15, -0.1) is 0 Å². The maximum Gasteiger partial charge on any atom is 0.269 e. The van der Waals surface area contributed by atoms with Crippen molar-refractivity contribution in [1.29, 1.82) is 0 Å².